The van der Waals surface area contributed by atoms with Crippen molar-refractivity contribution in [3.8, 4) is 5.69 Å². The molecule has 0 aliphatic rings. The number of hydrogen-bond donors (Lipinski definition) is 1. The maximum atomic E-state index is 4.23. The van der Waals surface area contributed by atoms with Crippen molar-refractivity contribution in [3.05, 3.63) is 48.3 Å². The van der Waals surface area contributed by atoms with E-state index >= 15 is 0 Å². The normalized spacial score (nSPS) is 12.6. The zero-order chi connectivity index (χ0) is 11.4. The van der Waals surface area contributed by atoms with Gasteiger partial charge in [0, 0.05) is 18.4 Å². The van der Waals surface area contributed by atoms with E-state index in [4.69, 9.17) is 0 Å². The van der Waals surface area contributed by atoms with E-state index in [0.29, 0.717) is 6.04 Å². The van der Waals surface area contributed by atoms with Gasteiger partial charge in [-0.2, -0.15) is 5.10 Å². The van der Waals surface area contributed by atoms with Gasteiger partial charge in [-0.25, -0.2) is 4.68 Å². The summed E-state index contributed by atoms with van der Waals surface area (Å²) in [5.41, 5.74) is 2.41. The van der Waals surface area contributed by atoms with Crippen LogP contribution in [0.25, 0.3) is 5.69 Å². The lowest BCUT2D eigenvalue weighted by atomic mass is 10.0. The Morgan fingerprint density at radius 3 is 2.88 bits per heavy atom. The Morgan fingerprint density at radius 1 is 1.38 bits per heavy atom. The van der Waals surface area contributed by atoms with Gasteiger partial charge in [0.2, 0.25) is 0 Å². The van der Waals surface area contributed by atoms with Crippen LogP contribution in [0.15, 0.2) is 42.7 Å². The minimum Gasteiger partial charge on any atom is -0.313 e. The average Bonchev–Trinajstić information content (AvgIpc) is 2.85. The lowest BCUT2D eigenvalue weighted by molar-refractivity contribution is 0.576. The molecule has 2 rings (SSSR count). The van der Waals surface area contributed by atoms with Gasteiger partial charge < -0.3 is 5.32 Å². The maximum absolute atomic E-state index is 4.23. The number of aromatic nitrogens is 2. The quantitative estimate of drug-likeness (QED) is 0.849. The Labute approximate surface area is 96.1 Å². The van der Waals surface area contributed by atoms with Crippen LogP contribution in [0.2, 0.25) is 0 Å². The van der Waals surface area contributed by atoms with Gasteiger partial charge in [-0.05, 0) is 37.2 Å². The van der Waals surface area contributed by atoms with Gasteiger partial charge >= 0.3 is 0 Å². The number of nitrogens with one attached hydrogen (secondary N) is 1. The van der Waals surface area contributed by atoms with E-state index in [1.54, 1.807) is 6.20 Å². The van der Waals surface area contributed by atoms with Crippen molar-refractivity contribution >= 4 is 0 Å². The summed E-state index contributed by atoms with van der Waals surface area (Å²) in [7, 11) is 1.99. The fraction of sp³-hybridized carbons (Fsp3) is 0.308. The van der Waals surface area contributed by atoms with E-state index in [1.807, 2.05) is 24.0 Å². The summed E-state index contributed by atoms with van der Waals surface area (Å²) in [6.45, 7) is 2.18. The van der Waals surface area contributed by atoms with Crippen molar-refractivity contribution in [2.45, 2.75) is 19.4 Å². The summed E-state index contributed by atoms with van der Waals surface area (Å²) in [6, 6.07) is 10.8. The van der Waals surface area contributed by atoms with E-state index in [9.17, 15) is 0 Å². The largest absolute Gasteiger partial charge is 0.313 e. The van der Waals surface area contributed by atoms with Crippen molar-refractivity contribution in [2.24, 2.45) is 0 Å². The topological polar surface area (TPSA) is 29.9 Å². The fourth-order valence-corrected chi connectivity index (χ4v) is 1.91. The molecule has 1 aromatic carbocycles. The van der Waals surface area contributed by atoms with E-state index in [1.165, 1.54) is 5.56 Å². The highest BCUT2D eigenvalue weighted by atomic mass is 15.3. The second kappa shape index (κ2) is 4.94. The first-order valence-corrected chi connectivity index (χ1v) is 5.62. The molecule has 0 saturated heterocycles. The molecule has 0 aliphatic carbocycles. The third kappa shape index (κ3) is 2.14. The van der Waals surface area contributed by atoms with Crippen LogP contribution in [-0.2, 0) is 0 Å². The lowest BCUT2D eigenvalue weighted by Crippen LogP contribution is -2.15. The van der Waals surface area contributed by atoms with E-state index in [0.717, 1.165) is 12.1 Å². The molecule has 3 nitrogen and oxygen atoms in total. The third-order valence-corrected chi connectivity index (χ3v) is 2.80. The van der Waals surface area contributed by atoms with Crippen LogP contribution in [0.1, 0.15) is 24.9 Å². The van der Waals surface area contributed by atoms with Gasteiger partial charge in [-0.15, -0.1) is 0 Å². The van der Waals surface area contributed by atoms with Crippen LogP contribution in [0, 0.1) is 0 Å². The van der Waals surface area contributed by atoms with Gasteiger partial charge in [0.25, 0.3) is 0 Å². The van der Waals surface area contributed by atoms with Gasteiger partial charge in [0.1, 0.15) is 0 Å². The first kappa shape index (κ1) is 10.9. The summed E-state index contributed by atoms with van der Waals surface area (Å²) in [6.07, 6.45) is 4.83. The predicted molar refractivity (Wildman–Crippen MR) is 65.7 cm³/mol. The fourth-order valence-electron chi connectivity index (χ4n) is 1.91. The summed E-state index contributed by atoms with van der Waals surface area (Å²) >= 11 is 0. The van der Waals surface area contributed by atoms with Gasteiger partial charge in [-0.3, -0.25) is 0 Å². The Bertz CT molecular complexity index is 430. The minimum absolute atomic E-state index is 0.413. The molecule has 3 heteroatoms. The molecule has 0 bridgehead atoms. The Morgan fingerprint density at radius 2 is 2.25 bits per heavy atom. The Balaban J connectivity index is 2.33. The number of rotatable bonds is 4. The summed E-state index contributed by atoms with van der Waals surface area (Å²) < 4.78 is 1.88. The molecule has 2 aromatic rings. The zero-order valence-corrected chi connectivity index (χ0v) is 9.72. The first-order valence-electron chi connectivity index (χ1n) is 5.62. The smallest absolute Gasteiger partial charge is 0.0648 e. The molecule has 0 spiro atoms. The highest BCUT2D eigenvalue weighted by Crippen LogP contribution is 2.18. The van der Waals surface area contributed by atoms with Crippen LogP contribution in [0.5, 0.6) is 0 Å². The highest BCUT2D eigenvalue weighted by Gasteiger charge is 2.07. The number of nitrogens with zero attached hydrogens (tertiary/aromatic N) is 2. The molecule has 0 aliphatic heterocycles. The van der Waals surface area contributed by atoms with Crippen molar-refractivity contribution in [3.63, 3.8) is 0 Å². The Kier molecular flexibility index (Phi) is 3.37. The number of hydrogen-bond acceptors (Lipinski definition) is 2. The monoisotopic (exact) mass is 215 g/mol. The molecule has 1 N–H and O–H groups in total. The molecule has 1 heterocycles. The summed E-state index contributed by atoms with van der Waals surface area (Å²) in [5.74, 6) is 0. The molecule has 0 radical (unpaired) electrons. The van der Waals surface area contributed by atoms with Crippen LogP contribution in [0.3, 0.4) is 0 Å². The van der Waals surface area contributed by atoms with Crippen molar-refractivity contribution < 1.29 is 0 Å². The van der Waals surface area contributed by atoms with Gasteiger partial charge in [0.05, 0.1) is 5.69 Å². The average molecular weight is 215 g/mol. The second-order valence-electron chi connectivity index (χ2n) is 3.80. The number of benzene rings is 1. The van der Waals surface area contributed by atoms with Crippen molar-refractivity contribution in [2.75, 3.05) is 7.05 Å². The molecule has 0 saturated carbocycles. The highest BCUT2D eigenvalue weighted by molar-refractivity contribution is 5.36. The van der Waals surface area contributed by atoms with E-state index in [-0.39, 0.29) is 0 Å². The molecule has 0 fully saturated rings. The van der Waals surface area contributed by atoms with Gasteiger partial charge in [0.15, 0.2) is 0 Å². The van der Waals surface area contributed by atoms with E-state index in [2.05, 4.69) is 41.6 Å². The predicted octanol–water partition coefficient (Wildman–Crippen LogP) is 2.54. The van der Waals surface area contributed by atoms with Crippen LogP contribution in [0.4, 0.5) is 0 Å². The molecule has 1 atom stereocenters. The molecule has 16 heavy (non-hydrogen) atoms. The van der Waals surface area contributed by atoms with Crippen molar-refractivity contribution in [1.82, 2.24) is 15.1 Å². The van der Waals surface area contributed by atoms with Crippen molar-refractivity contribution in [1.29, 1.82) is 0 Å². The maximum Gasteiger partial charge on any atom is 0.0648 e. The Hall–Kier alpha value is -1.61. The zero-order valence-electron chi connectivity index (χ0n) is 9.72. The summed E-state index contributed by atoms with van der Waals surface area (Å²) in [4.78, 5) is 0. The van der Waals surface area contributed by atoms with Crippen LogP contribution >= 0.6 is 0 Å². The third-order valence-electron chi connectivity index (χ3n) is 2.80. The van der Waals surface area contributed by atoms with E-state index < -0.39 is 0 Å². The molecule has 1 unspecified atom stereocenters. The molecular formula is C13H17N3. The molecule has 1 aromatic heterocycles. The SMILES string of the molecule is CCC(NC)c1cccc(-n2cccn2)c1. The second-order valence-corrected chi connectivity index (χ2v) is 3.80. The standard InChI is InChI=1S/C13H17N3/c1-3-13(14-2)11-6-4-7-12(10-11)16-9-5-8-15-16/h4-10,13-14H,3H2,1-2H3. The minimum atomic E-state index is 0.413. The van der Waals surface area contributed by atoms with Crippen LogP contribution < -0.4 is 5.32 Å². The van der Waals surface area contributed by atoms with Gasteiger partial charge in [-0.1, -0.05) is 19.1 Å². The molecular weight excluding hydrogens is 198 g/mol. The molecule has 84 valence electrons. The lowest BCUT2D eigenvalue weighted by Gasteiger charge is -2.15. The summed E-state index contributed by atoms with van der Waals surface area (Å²) in [5, 5.41) is 7.55. The first-order chi connectivity index (χ1) is 7.85. The molecule has 0 amide bonds. The van der Waals surface area contributed by atoms with Crippen LogP contribution in [-0.4, -0.2) is 16.8 Å².